The Morgan fingerprint density at radius 2 is 1.88 bits per heavy atom. The first-order chi connectivity index (χ1) is 7.69. The topological polar surface area (TPSA) is 0 Å². The van der Waals surface area contributed by atoms with Crippen LogP contribution in [0.4, 0.5) is 4.39 Å². The number of hydrogen-bond acceptors (Lipinski definition) is 0. The summed E-state index contributed by atoms with van der Waals surface area (Å²) in [6, 6.07) is 4.87. The third kappa shape index (κ3) is 2.08. The molecule has 0 aliphatic heterocycles. The Labute approximate surface area is 106 Å². The van der Waals surface area contributed by atoms with Crippen LogP contribution in [0.5, 0.6) is 0 Å². The van der Waals surface area contributed by atoms with Crippen LogP contribution >= 0.6 is 23.2 Å². The Morgan fingerprint density at radius 1 is 1.19 bits per heavy atom. The fourth-order valence-corrected chi connectivity index (χ4v) is 3.45. The average molecular weight is 261 g/mol. The molecule has 1 aliphatic rings. The number of alkyl halides is 1. The van der Waals surface area contributed by atoms with Crippen LogP contribution in [0.2, 0.25) is 5.02 Å². The Bertz CT molecular complexity index is 350. The van der Waals surface area contributed by atoms with Crippen molar-refractivity contribution in [2.75, 3.05) is 5.88 Å². The Kier molecular flexibility index (Phi) is 3.76. The van der Waals surface area contributed by atoms with Gasteiger partial charge in [0.2, 0.25) is 0 Å². The molecule has 88 valence electrons. The molecule has 0 aromatic heterocycles. The van der Waals surface area contributed by atoms with Gasteiger partial charge in [-0.05, 0) is 25.0 Å². The Hall–Kier alpha value is -0.270. The van der Waals surface area contributed by atoms with Gasteiger partial charge >= 0.3 is 0 Å². The lowest BCUT2D eigenvalue weighted by Crippen LogP contribution is -2.32. The van der Waals surface area contributed by atoms with E-state index < -0.39 is 0 Å². The van der Waals surface area contributed by atoms with Crippen molar-refractivity contribution in [1.82, 2.24) is 0 Å². The van der Waals surface area contributed by atoms with Gasteiger partial charge in [0.05, 0.1) is 0 Å². The monoisotopic (exact) mass is 260 g/mol. The largest absolute Gasteiger partial charge is 0.207 e. The van der Waals surface area contributed by atoms with Crippen molar-refractivity contribution in [3.8, 4) is 0 Å². The molecule has 0 heterocycles. The van der Waals surface area contributed by atoms with Crippen molar-refractivity contribution < 1.29 is 4.39 Å². The quantitative estimate of drug-likeness (QED) is 0.663. The summed E-state index contributed by atoms with van der Waals surface area (Å²) >= 11 is 12.2. The van der Waals surface area contributed by atoms with Crippen molar-refractivity contribution in [3.63, 3.8) is 0 Å². The molecule has 1 aliphatic carbocycles. The van der Waals surface area contributed by atoms with Crippen LogP contribution in [0.15, 0.2) is 18.2 Å². The molecule has 3 heteroatoms. The molecule has 2 rings (SSSR count). The minimum Gasteiger partial charge on any atom is -0.207 e. The minimum atomic E-state index is -0.248. The van der Waals surface area contributed by atoms with Crippen LogP contribution in [0.25, 0.3) is 0 Å². The first-order valence-corrected chi connectivity index (χ1v) is 6.61. The van der Waals surface area contributed by atoms with E-state index in [1.54, 1.807) is 12.1 Å². The molecular formula is C13H15Cl2F. The molecule has 0 nitrogen and oxygen atoms in total. The minimum absolute atomic E-state index is 0.213. The van der Waals surface area contributed by atoms with Gasteiger partial charge in [0.1, 0.15) is 5.82 Å². The SMILES string of the molecule is Fc1cccc(Cl)c1C1(CCl)CCCCC1. The van der Waals surface area contributed by atoms with Gasteiger partial charge in [-0.3, -0.25) is 0 Å². The van der Waals surface area contributed by atoms with E-state index in [1.807, 2.05) is 0 Å². The summed E-state index contributed by atoms with van der Waals surface area (Å²) in [5.74, 6) is 0.239. The maximum absolute atomic E-state index is 13.9. The smallest absolute Gasteiger partial charge is 0.128 e. The predicted octanol–water partition coefficient (Wildman–Crippen LogP) is 4.92. The van der Waals surface area contributed by atoms with Crippen LogP contribution in [-0.4, -0.2) is 5.88 Å². The molecule has 0 unspecified atom stereocenters. The molecule has 0 atom stereocenters. The molecule has 1 aromatic rings. The van der Waals surface area contributed by atoms with Crippen molar-refractivity contribution in [3.05, 3.63) is 34.6 Å². The van der Waals surface area contributed by atoms with E-state index in [4.69, 9.17) is 23.2 Å². The van der Waals surface area contributed by atoms with Crippen molar-refractivity contribution in [2.24, 2.45) is 0 Å². The van der Waals surface area contributed by atoms with Gasteiger partial charge < -0.3 is 0 Å². The number of rotatable bonds is 2. The van der Waals surface area contributed by atoms with Crippen LogP contribution in [0.1, 0.15) is 37.7 Å². The molecule has 0 saturated heterocycles. The van der Waals surface area contributed by atoms with Crippen LogP contribution in [0, 0.1) is 5.82 Å². The summed E-state index contributed by atoms with van der Waals surface area (Å²) < 4.78 is 13.9. The maximum Gasteiger partial charge on any atom is 0.128 e. The van der Waals surface area contributed by atoms with E-state index in [0.29, 0.717) is 16.5 Å². The molecule has 1 saturated carbocycles. The Morgan fingerprint density at radius 3 is 2.44 bits per heavy atom. The van der Waals surface area contributed by atoms with Crippen LogP contribution in [-0.2, 0) is 5.41 Å². The zero-order valence-corrected chi connectivity index (χ0v) is 10.6. The van der Waals surface area contributed by atoms with E-state index in [1.165, 1.54) is 12.5 Å². The molecule has 16 heavy (non-hydrogen) atoms. The number of hydrogen-bond donors (Lipinski definition) is 0. The zero-order chi connectivity index (χ0) is 11.6. The molecular weight excluding hydrogens is 246 g/mol. The third-order valence-corrected chi connectivity index (χ3v) is 4.39. The van der Waals surface area contributed by atoms with E-state index in [2.05, 4.69) is 0 Å². The highest BCUT2D eigenvalue weighted by molar-refractivity contribution is 6.31. The highest BCUT2D eigenvalue weighted by atomic mass is 35.5. The second kappa shape index (κ2) is 4.93. The van der Waals surface area contributed by atoms with Crippen LogP contribution in [0.3, 0.4) is 0 Å². The molecule has 0 amide bonds. The van der Waals surface area contributed by atoms with Gasteiger partial charge in [0.25, 0.3) is 0 Å². The van der Waals surface area contributed by atoms with E-state index >= 15 is 0 Å². The fraction of sp³-hybridized carbons (Fsp3) is 0.538. The van der Waals surface area contributed by atoms with Gasteiger partial charge in [0, 0.05) is 21.9 Å². The van der Waals surface area contributed by atoms with E-state index in [0.717, 1.165) is 25.7 Å². The van der Waals surface area contributed by atoms with Crippen molar-refractivity contribution in [1.29, 1.82) is 0 Å². The van der Waals surface area contributed by atoms with Crippen LogP contribution < -0.4 is 0 Å². The number of halogens is 3. The molecule has 1 aromatic carbocycles. The summed E-state index contributed by atoms with van der Waals surface area (Å²) in [4.78, 5) is 0. The van der Waals surface area contributed by atoms with Gasteiger partial charge in [-0.1, -0.05) is 36.9 Å². The second-order valence-corrected chi connectivity index (χ2v) is 5.25. The molecule has 0 radical (unpaired) electrons. The van der Waals surface area contributed by atoms with Gasteiger partial charge in [-0.15, -0.1) is 11.6 Å². The lowest BCUT2D eigenvalue weighted by Gasteiger charge is -2.36. The molecule has 0 N–H and O–H groups in total. The maximum atomic E-state index is 13.9. The highest BCUT2D eigenvalue weighted by Gasteiger charge is 2.36. The third-order valence-electron chi connectivity index (χ3n) is 3.56. The van der Waals surface area contributed by atoms with Gasteiger partial charge in [-0.25, -0.2) is 4.39 Å². The lowest BCUT2D eigenvalue weighted by atomic mass is 9.70. The Balaban J connectivity index is 2.46. The summed E-state index contributed by atoms with van der Waals surface area (Å²) in [6.07, 6.45) is 5.31. The average Bonchev–Trinajstić information content (AvgIpc) is 2.30. The first-order valence-electron chi connectivity index (χ1n) is 5.70. The lowest BCUT2D eigenvalue weighted by molar-refractivity contribution is 0.314. The molecule has 0 bridgehead atoms. The molecule has 1 fully saturated rings. The van der Waals surface area contributed by atoms with E-state index in [9.17, 15) is 4.39 Å². The highest BCUT2D eigenvalue weighted by Crippen LogP contribution is 2.44. The number of benzene rings is 1. The normalized spacial score (nSPS) is 19.7. The summed E-state index contributed by atoms with van der Waals surface area (Å²) in [6.45, 7) is 0. The van der Waals surface area contributed by atoms with Gasteiger partial charge in [-0.2, -0.15) is 0 Å². The van der Waals surface area contributed by atoms with Gasteiger partial charge in [0.15, 0.2) is 0 Å². The molecule has 0 spiro atoms. The van der Waals surface area contributed by atoms with Crippen molar-refractivity contribution in [2.45, 2.75) is 37.5 Å². The summed E-state index contributed by atoms with van der Waals surface area (Å²) in [5.41, 5.74) is 0.383. The summed E-state index contributed by atoms with van der Waals surface area (Å²) in [5, 5.41) is 0.516. The standard InChI is InChI=1S/C13H15Cl2F/c14-9-13(7-2-1-3-8-13)12-10(15)5-4-6-11(12)16/h4-6H,1-3,7-9H2. The predicted molar refractivity (Wildman–Crippen MR) is 66.9 cm³/mol. The summed E-state index contributed by atoms with van der Waals surface area (Å²) in [7, 11) is 0. The van der Waals surface area contributed by atoms with Crippen molar-refractivity contribution >= 4 is 23.2 Å². The fourth-order valence-electron chi connectivity index (χ4n) is 2.68. The first kappa shape index (κ1) is 12.2. The van der Waals surface area contributed by atoms with E-state index in [-0.39, 0.29) is 11.2 Å². The second-order valence-electron chi connectivity index (χ2n) is 4.57. The zero-order valence-electron chi connectivity index (χ0n) is 9.11.